The molecule has 1 aliphatic carbocycles. The van der Waals surface area contributed by atoms with Crippen LogP contribution >= 0.6 is 12.2 Å². The number of ether oxygens (including phenoxy) is 1. The van der Waals surface area contributed by atoms with Gasteiger partial charge in [-0.2, -0.15) is 0 Å². The molecule has 2 aliphatic rings. The van der Waals surface area contributed by atoms with E-state index in [0.717, 1.165) is 51.7 Å². The van der Waals surface area contributed by atoms with Gasteiger partial charge in [0.05, 0.1) is 10.4 Å². The highest BCUT2D eigenvalue weighted by molar-refractivity contribution is 7.80. The maximum absolute atomic E-state index is 12.6. The normalized spacial score (nSPS) is 24.9. The fourth-order valence-electron chi connectivity index (χ4n) is 3.24. The van der Waals surface area contributed by atoms with E-state index in [1.54, 1.807) is 0 Å². The molecule has 114 valence electrons. The van der Waals surface area contributed by atoms with Gasteiger partial charge in [-0.25, -0.2) is 0 Å². The lowest BCUT2D eigenvalue weighted by Crippen LogP contribution is -2.52. The number of carbonyl (C=O) groups excluding carboxylic acids is 1. The van der Waals surface area contributed by atoms with Crippen molar-refractivity contribution in [2.24, 2.45) is 16.6 Å². The van der Waals surface area contributed by atoms with Crippen LogP contribution in [-0.4, -0.2) is 30.7 Å². The third-order valence-electron chi connectivity index (χ3n) is 4.99. The monoisotopic (exact) mass is 298 g/mol. The minimum atomic E-state index is -0.602. The van der Waals surface area contributed by atoms with Crippen LogP contribution < -0.4 is 11.1 Å². The van der Waals surface area contributed by atoms with E-state index in [1.807, 2.05) is 0 Å². The van der Waals surface area contributed by atoms with Crippen molar-refractivity contribution in [1.29, 1.82) is 0 Å². The number of hydrogen-bond acceptors (Lipinski definition) is 3. The number of thiocarbonyl (C=S) groups is 1. The van der Waals surface area contributed by atoms with Gasteiger partial charge >= 0.3 is 0 Å². The third kappa shape index (κ3) is 3.31. The summed E-state index contributed by atoms with van der Waals surface area (Å²) in [5.41, 5.74) is 5.43. The molecule has 0 aromatic carbocycles. The molecule has 0 spiro atoms. The van der Waals surface area contributed by atoms with Crippen LogP contribution in [0.15, 0.2) is 0 Å². The van der Waals surface area contributed by atoms with Crippen molar-refractivity contribution >= 4 is 23.1 Å². The molecule has 0 unspecified atom stereocenters. The molecule has 4 nitrogen and oxygen atoms in total. The number of carbonyl (C=O) groups is 1. The average Bonchev–Trinajstić information content (AvgIpc) is 2.46. The van der Waals surface area contributed by atoms with Crippen LogP contribution in [0.2, 0.25) is 0 Å². The largest absolute Gasteiger partial charge is 0.392 e. The highest BCUT2D eigenvalue weighted by atomic mass is 32.1. The molecule has 1 amide bonds. The van der Waals surface area contributed by atoms with Crippen molar-refractivity contribution in [3.05, 3.63) is 0 Å². The Balaban J connectivity index is 1.96. The Labute approximate surface area is 126 Å². The van der Waals surface area contributed by atoms with Gasteiger partial charge in [0.2, 0.25) is 5.91 Å². The number of rotatable bonds is 4. The van der Waals surface area contributed by atoms with Crippen molar-refractivity contribution < 1.29 is 9.53 Å². The standard InChI is InChI=1S/C15H26N2O2S/c1-14(7-9-19-10-8-14)11-17-13(18)15(12(16)20)5-3-2-4-6-15/h2-11H2,1H3,(H2,16,20)(H,17,18). The van der Waals surface area contributed by atoms with Crippen molar-refractivity contribution in [3.63, 3.8) is 0 Å². The fourth-order valence-corrected chi connectivity index (χ4v) is 3.54. The predicted molar refractivity (Wildman–Crippen MR) is 83.5 cm³/mol. The van der Waals surface area contributed by atoms with Gasteiger partial charge in [-0.1, -0.05) is 38.4 Å². The van der Waals surface area contributed by atoms with Crippen LogP contribution in [0.1, 0.15) is 51.9 Å². The molecule has 1 saturated carbocycles. The van der Waals surface area contributed by atoms with Crippen LogP contribution in [0.5, 0.6) is 0 Å². The Morgan fingerprint density at radius 1 is 1.20 bits per heavy atom. The van der Waals surface area contributed by atoms with Crippen molar-refractivity contribution in [2.75, 3.05) is 19.8 Å². The molecule has 1 saturated heterocycles. The van der Waals surface area contributed by atoms with Crippen molar-refractivity contribution in [1.82, 2.24) is 5.32 Å². The Kier molecular flexibility index (Phi) is 5.02. The van der Waals surface area contributed by atoms with E-state index >= 15 is 0 Å². The van der Waals surface area contributed by atoms with E-state index in [1.165, 1.54) is 6.42 Å². The molecule has 3 N–H and O–H groups in total. The fraction of sp³-hybridized carbons (Fsp3) is 0.867. The average molecular weight is 298 g/mol. The summed E-state index contributed by atoms with van der Waals surface area (Å²) >= 11 is 5.20. The van der Waals surface area contributed by atoms with Crippen LogP contribution in [0, 0.1) is 10.8 Å². The Morgan fingerprint density at radius 2 is 1.80 bits per heavy atom. The first-order chi connectivity index (χ1) is 9.49. The maximum Gasteiger partial charge on any atom is 0.233 e. The van der Waals surface area contributed by atoms with Gasteiger partial charge in [0.25, 0.3) is 0 Å². The van der Waals surface area contributed by atoms with Gasteiger partial charge in [0.15, 0.2) is 0 Å². The Hall–Kier alpha value is -0.680. The van der Waals surface area contributed by atoms with Gasteiger partial charge in [-0.3, -0.25) is 4.79 Å². The summed E-state index contributed by atoms with van der Waals surface area (Å²) in [6.45, 7) is 4.48. The summed E-state index contributed by atoms with van der Waals surface area (Å²) in [4.78, 5) is 13.0. The molecule has 0 radical (unpaired) electrons. The molecular formula is C15H26N2O2S. The van der Waals surface area contributed by atoms with Gasteiger partial charge < -0.3 is 15.8 Å². The third-order valence-corrected chi connectivity index (χ3v) is 5.38. The first kappa shape index (κ1) is 15.7. The zero-order valence-electron chi connectivity index (χ0n) is 12.4. The van der Waals surface area contributed by atoms with Crippen LogP contribution in [0.25, 0.3) is 0 Å². The first-order valence-corrected chi connectivity index (χ1v) is 8.05. The van der Waals surface area contributed by atoms with Gasteiger partial charge in [0.1, 0.15) is 0 Å². The maximum atomic E-state index is 12.6. The smallest absolute Gasteiger partial charge is 0.233 e. The van der Waals surface area contributed by atoms with E-state index in [2.05, 4.69) is 12.2 Å². The minimum absolute atomic E-state index is 0.0393. The van der Waals surface area contributed by atoms with Gasteiger partial charge in [-0.05, 0) is 31.1 Å². The van der Waals surface area contributed by atoms with Crippen molar-refractivity contribution in [2.45, 2.75) is 51.9 Å². The highest BCUT2D eigenvalue weighted by Crippen LogP contribution is 2.37. The summed E-state index contributed by atoms with van der Waals surface area (Å²) < 4.78 is 5.39. The van der Waals surface area contributed by atoms with Crippen molar-refractivity contribution in [3.8, 4) is 0 Å². The lowest BCUT2D eigenvalue weighted by molar-refractivity contribution is -0.129. The topological polar surface area (TPSA) is 64.4 Å². The highest BCUT2D eigenvalue weighted by Gasteiger charge is 2.43. The zero-order chi connectivity index (χ0) is 14.6. The van der Waals surface area contributed by atoms with Crippen LogP contribution in [0.3, 0.4) is 0 Å². The molecule has 2 rings (SSSR count). The number of nitrogens with two attached hydrogens (primary N) is 1. The molecular weight excluding hydrogens is 272 g/mol. The summed E-state index contributed by atoms with van der Waals surface area (Å²) in [6, 6.07) is 0. The van der Waals surface area contributed by atoms with E-state index in [9.17, 15) is 4.79 Å². The van der Waals surface area contributed by atoms with Crippen LogP contribution in [-0.2, 0) is 9.53 Å². The Bertz CT molecular complexity index is 372. The molecule has 2 fully saturated rings. The molecule has 1 heterocycles. The van der Waals surface area contributed by atoms with Crippen LogP contribution in [0.4, 0.5) is 0 Å². The number of hydrogen-bond donors (Lipinski definition) is 2. The molecule has 5 heteroatoms. The number of amides is 1. The quantitative estimate of drug-likeness (QED) is 0.781. The SMILES string of the molecule is CC1(CNC(=O)C2(C(N)=S)CCCCC2)CCOCC1. The second-order valence-corrected chi connectivity index (χ2v) is 7.05. The van der Waals surface area contributed by atoms with E-state index in [-0.39, 0.29) is 11.3 Å². The molecule has 1 aliphatic heterocycles. The Morgan fingerprint density at radius 3 is 2.35 bits per heavy atom. The molecule has 0 bridgehead atoms. The summed E-state index contributed by atoms with van der Waals surface area (Å²) in [5, 5.41) is 3.12. The summed E-state index contributed by atoms with van der Waals surface area (Å²) in [6.07, 6.45) is 6.83. The predicted octanol–water partition coefficient (Wildman–Crippen LogP) is 2.16. The van der Waals surface area contributed by atoms with Gasteiger partial charge in [0, 0.05) is 19.8 Å². The van der Waals surface area contributed by atoms with E-state index < -0.39 is 5.41 Å². The molecule has 0 aromatic rings. The van der Waals surface area contributed by atoms with Gasteiger partial charge in [-0.15, -0.1) is 0 Å². The second-order valence-electron chi connectivity index (χ2n) is 6.61. The minimum Gasteiger partial charge on any atom is -0.392 e. The lowest BCUT2D eigenvalue weighted by Gasteiger charge is -2.38. The molecule has 20 heavy (non-hydrogen) atoms. The van der Waals surface area contributed by atoms with E-state index in [4.69, 9.17) is 22.7 Å². The number of nitrogens with one attached hydrogen (secondary N) is 1. The molecule has 0 atom stereocenters. The molecule has 0 aromatic heterocycles. The zero-order valence-corrected chi connectivity index (χ0v) is 13.2. The lowest BCUT2D eigenvalue weighted by atomic mass is 9.73. The van der Waals surface area contributed by atoms with E-state index in [0.29, 0.717) is 11.5 Å². The summed E-state index contributed by atoms with van der Waals surface area (Å²) in [7, 11) is 0. The summed E-state index contributed by atoms with van der Waals surface area (Å²) in [5.74, 6) is 0.0393. The second kappa shape index (κ2) is 6.39. The first-order valence-electron chi connectivity index (χ1n) is 7.65.